The molecule has 0 bridgehead atoms. The number of anilines is 1. The summed E-state index contributed by atoms with van der Waals surface area (Å²) in [6.45, 7) is 2.96. The Balaban J connectivity index is 2.01. The molecule has 1 atom stereocenters. The molecule has 1 aliphatic heterocycles. The molecule has 2 heterocycles. The van der Waals surface area contributed by atoms with Gasteiger partial charge in [-0.3, -0.25) is 0 Å². The summed E-state index contributed by atoms with van der Waals surface area (Å²) in [6.07, 6.45) is 1.00. The van der Waals surface area contributed by atoms with Crippen molar-refractivity contribution in [3.8, 4) is 11.5 Å². The van der Waals surface area contributed by atoms with E-state index >= 15 is 0 Å². The number of rotatable bonds is 3. The van der Waals surface area contributed by atoms with Gasteiger partial charge in [0.15, 0.2) is 11.5 Å². The van der Waals surface area contributed by atoms with E-state index in [1.54, 1.807) is 14.2 Å². The maximum absolute atomic E-state index is 5.39. The van der Waals surface area contributed by atoms with E-state index in [0.29, 0.717) is 0 Å². The summed E-state index contributed by atoms with van der Waals surface area (Å²) in [5, 5.41) is 7.97. The van der Waals surface area contributed by atoms with Gasteiger partial charge in [-0.1, -0.05) is 6.07 Å². The minimum absolute atomic E-state index is 0.236. The topological polar surface area (TPSA) is 48.3 Å². The van der Waals surface area contributed by atoms with Gasteiger partial charge in [-0.15, -0.1) is 0 Å². The fourth-order valence-corrected chi connectivity index (χ4v) is 2.71. The lowest BCUT2D eigenvalue weighted by atomic mass is 10.0. The zero-order valence-electron chi connectivity index (χ0n) is 12.0. The van der Waals surface area contributed by atoms with Crippen molar-refractivity contribution in [2.45, 2.75) is 19.4 Å². The molecule has 2 aromatic rings. The number of benzene rings is 1. The highest BCUT2D eigenvalue weighted by Crippen LogP contribution is 2.35. The molecule has 106 valence electrons. The third kappa shape index (κ3) is 2.09. The van der Waals surface area contributed by atoms with Gasteiger partial charge in [-0.25, -0.2) is 4.68 Å². The number of fused-ring (bicyclic) bond motifs is 1. The lowest BCUT2D eigenvalue weighted by Crippen LogP contribution is -2.24. The normalized spacial score (nSPS) is 17.2. The smallest absolute Gasteiger partial charge is 0.161 e. The van der Waals surface area contributed by atoms with Crippen molar-refractivity contribution in [1.82, 2.24) is 9.78 Å². The molecule has 1 unspecified atom stereocenters. The monoisotopic (exact) mass is 273 g/mol. The summed E-state index contributed by atoms with van der Waals surface area (Å²) in [6, 6.07) is 8.38. The van der Waals surface area contributed by atoms with E-state index in [1.165, 1.54) is 5.56 Å². The largest absolute Gasteiger partial charge is 0.493 e. The van der Waals surface area contributed by atoms with Gasteiger partial charge in [-0.2, -0.15) is 5.10 Å². The summed E-state index contributed by atoms with van der Waals surface area (Å²) in [5.41, 5.74) is 2.22. The average Bonchev–Trinajstić information content (AvgIpc) is 2.86. The van der Waals surface area contributed by atoms with Gasteiger partial charge in [0.05, 0.1) is 26.0 Å². The highest BCUT2D eigenvalue weighted by molar-refractivity contribution is 5.46. The Morgan fingerprint density at radius 2 is 2.00 bits per heavy atom. The lowest BCUT2D eigenvalue weighted by molar-refractivity contribution is 0.353. The maximum atomic E-state index is 5.39. The Bertz CT molecular complexity index is 622. The Morgan fingerprint density at radius 3 is 2.75 bits per heavy atom. The first kappa shape index (κ1) is 12.8. The van der Waals surface area contributed by atoms with Gasteiger partial charge >= 0.3 is 0 Å². The van der Waals surface area contributed by atoms with Crippen molar-refractivity contribution in [2.24, 2.45) is 0 Å². The average molecular weight is 273 g/mol. The molecular formula is C15H19N3O2. The molecule has 0 saturated heterocycles. The van der Waals surface area contributed by atoms with Crippen LogP contribution in [0.2, 0.25) is 0 Å². The van der Waals surface area contributed by atoms with E-state index < -0.39 is 0 Å². The molecule has 1 aliphatic rings. The molecule has 5 nitrogen and oxygen atoms in total. The van der Waals surface area contributed by atoms with Crippen LogP contribution in [-0.4, -0.2) is 30.5 Å². The molecule has 20 heavy (non-hydrogen) atoms. The quantitative estimate of drug-likeness (QED) is 0.934. The summed E-state index contributed by atoms with van der Waals surface area (Å²) >= 11 is 0. The van der Waals surface area contributed by atoms with Gasteiger partial charge in [0.25, 0.3) is 0 Å². The van der Waals surface area contributed by atoms with Crippen LogP contribution in [0, 0.1) is 6.92 Å². The molecule has 0 fully saturated rings. The fraction of sp³-hybridized carbons (Fsp3) is 0.400. The standard InChI is InChI=1S/C15H19N3O2/c1-10-8-15-16-7-6-12(18(15)17-10)11-4-5-13(19-2)14(9-11)20-3/h4-5,8-9,12,16H,6-7H2,1-3H3. The van der Waals surface area contributed by atoms with E-state index in [4.69, 9.17) is 9.47 Å². The SMILES string of the molecule is COc1ccc(C2CCNc3cc(C)nn32)cc1OC. The second-order valence-corrected chi connectivity index (χ2v) is 4.96. The molecule has 1 N–H and O–H groups in total. The van der Waals surface area contributed by atoms with Crippen LogP contribution in [0.1, 0.15) is 23.7 Å². The zero-order valence-corrected chi connectivity index (χ0v) is 12.0. The van der Waals surface area contributed by atoms with Gasteiger partial charge < -0.3 is 14.8 Å². The van der Waals surface area contributed by atoms with Gasteiger partial charge in [0.2, 0.25) is 0 Å². The number of aryl methyl sites for hydroxylation is 1. The molecule has 0 aliphatic carbocycles. The molecule has 0 radical (unpaired) electrons. The van der Waals surface area contributed by atoms with Gasteiger partial charge in [0, 0.05) is 12.6 Å². The number of ether oxygens (including phenoxy) is 2. The Kier molecular flexibility index (Phi) is 3.26. The summed E-state index contributed by atoms with van der Waals surface area (Å²) in [5.74, 6) is 2.59. The summed E-state index contributed by atoms with van der Waals surface area (Å²) < 4.78 is 12.7. The minimum Gasteiger partial charge on any atom is -0.493 e. The Morgan fingerprint density at radius 1 is 1.20 bits per heavy atom. The highest BCUT2D eigenvalue weighted by atomic mass is 16.5. The van der Waals surface area contributed by atoms with Crippen LogP contribution in [0.15, 0.2) is 24.3 Å². The van der Waals surface area contributed by atoms with Crippen LogP contribution in [0.5, 0.6) is 11.5 Å². The van der Waals surface area contributed by atoms with Crippen molar-refractivity contribution in [1.29, 1.82) is 0 Å². The third-order valence-electron chi connectivity index (χ3n) is 3.67. The number of aromatic nitrogens is 2. The first-order valence-corrected chi connectivity index (χ1v) is 6.75. The second-order valence-electron chi connectivity index (χ2n) is 4.96. The summed E-state index contributed by atoms with van der Waals surface area (Å²) in [7, 11) is 3.31. The molecular weight excluding hydrogens is 254 g/mol. The third-order valence-corrected chi connectivity index (χ3v) is 3.67. The minimum atomic E-state index is 0.236. The number of nitrogens with one attached hydrogen (secondary N) is 1. The van der Waals surface area contributed by atoms with Gasteiger partial charge in [0.1, 0.15) is 5.82 Å². The molecule has 1 aromatic heterocycles. The van der Waals surface area contributed by atoms with E-state index in [-0.39, 0.29) is 6.04 Å². The molecule has 3 rings (SSSR count). The van der Waals surface area contributed by atoms with Crippen molar-refractivity contribution >= 4 is 5.82 Å². The fourth-order valence-electron chi connectivity index (χ4n) is 2.71. The van der Waals surface area contributed by atoms with Crippen LogP contribution >= 0.6 is 0 Å². The number of hydrogen-bond donors (Lipinski definition) is 1. The molecule has 0 spiro atoms. The number of nitrogens with zero attached hydrogens (tertiary/aromatic N) is 2. The van der Waals surface area contributed by atoms with E-state index in [1.807, 2.05) is 19.1 Å². The number of hydrogen-bond acceptors (Lipinski definition) is 4. The maximum Gasteiger partial charge on any atom is 0.161 e. The molecule has 0 saturated carbocycles. The van der Waals surface area contributed by atoms with E-state index in [9.17, 15) is 0 Å². The zero-order chi connectivity index (χ0) is 14.1. The highest BCUT2D eigenvalue weighted by Gasteiger charge is 2.23. The Hall–Kier alpha value is -2.17. The van der Waals surface area contributed by atoms with Crippen LogP contribution in [0.4, 0.5) is 5.82 Å². The van der Waals surface area contributed by atoms with Crippen molar-refractivity contribution < 1.29 is 9.47 Å². The predicted octanol–water partition coefficient (Wildman–Crippen LogP) is 2.61. The molecule has 0 amide bonds. The van der Waals surface area contributed by atoms with E-state index in [2.05, 4.69) is 27.2 Å². The van der Waals surface area contributed by atoms with Crippen molar-refractivity contribution in [3.63, 3.8) is 0 Å². The van der Waals surface area contributed by atoms with Crippen molar-refractivity contribution in [3.05, 3.63) is 35.5 Å². The predicted molar refractivity (Wildman–Crippen MR) is 77.8 cm³/mol. The van der Waals surface area contributed by atoms with Crippen LogP contribution < -0.4 is 14.8 Å². The van der Waals surface area contributed by atoms with Crippen LogP contribution in [0.3, 0.4) is 0 Å². The van der Waals surface area contributed by atoms with Crippen LogP contribution in [-0.2, 0) is 0 Å². The van der Waals surface area contributed by atoms with Crippen LogP contribution in [0.25, 0.3) is 0 Å². The first-order chi connectivity index (χ1) is 9.72. The second kappa shape index (κ2) is 5.07. The summed E-state index contributed by atoms with van der Waals surface area (Å²) in [4.78, 5) is 0. The Labute approximate surface area is 118 Å². The molecule has 1 aromatic carbocycles. The number of methoxy groups -OCH3 is 2. The lowest BCUT2D eigenvalue weighted by Gasteiger charge is -2.26. The first-order valence-electron chi connectivity index (χ1n) is 6.75. The van der Waals surface area contributed by atoms with E-state index in [0.717, 1.165) is 36.0 Å². The van der Waals surface area contributed by atoms with Crippen molar-refractivity contribution in [2.75, 3.05) is 26.1 Å². The molecule has 5 heteroatoms. The van der Waals surface area contributed by atoms with Gasteiger partial charge in [-0.05, 0) is 31.0 Å².